The van der Waals surface area contributed by atoms with E-state index in [1.165, 1.54) is 9.71 Å². The molecule has 0 spiro atoms. The maximum Gasteiger partial charge on any atom is 0.191 e. The lowest BCUT2D eigenvalue weighted by Gasteiger charge is -2.08. The molecule has 116 valence electrons. The molecule has 0 saturated heterocycles. The molecule has 0 saturated carbocycles. The Balaban J connectivity index is 0.00000220. The number of para-hydroxylation sites is 1. The molecule has 0 fully saturated rings. The number of aliphatic imine (C=N–C) groups is 1. The molecular formula is C15H23IN4S. The average Bonchev–Trinajstić information content (AvgIpc) is 2.86. The van der Waals surface area contributed by atoms with Gasteiger partial charge >= 0.3 is 0 Å². The molecule has 0 aliphatic rings. The number of benzene rings is 1. The van der Waals surface area contributed by atoms with E-state index in [0.29, 0.717) is 0 Å². The Morgan fingerprint density at radius 1 is 1.19 bits per heavy atom. The molecule has 0 aliphatic heterocycles. The van der Waals surface area contributed by atoms with Gasteiger partial charge in [-0.1, -0.05) is 12.1 Å². The first-order chi connectivity index (χ1) is 9.83. The van der Waals surface area contributed by atoms with Crippen molar-refractivity contribution in [1.29, 1.82) is 0 Å². The lowest BCUT2D eigenvalue weighted by molar-refractivity contribution is 0.793. The van der Waals surface area contributed by atoms with Crippen LogP contribution in [-0.4, -0.2) is 30.6 Å². The van der Waals surface area contributed by atoms with Crippen molar-refractivity contribution in [2.24, 2.45) is 4.99 Å². The second kappa shape index (κ2) is 9.94. The van der Waals surface area contributed by atoms with E-state index in [2.05, 4.69) is 52.7 Å². The van der Waals surface area contributed by atoms with Crippen molar-refractivity contribution in [2.45, 2.75) is 26.7 Å². The number of aryl methyl sites for hydroxylation is 1. The van der Waals surface area contributed by atoms with Crippen LogP contribution in [0.3, 0.4) is 0 Å². The molecule has 0 amide bonds. The van der Waals surface area contributed by atoms with Crippen LogP contribution in [0.1, 0.15) is 25.3 Å². The first-order valence-electron chi connectivity index (χ1n) is 7.20. The van der Waals surface area contributed by atoms with Gasteiger partial charge in [0.25, 0.3) is 0 Å². The van der Waals surface area contributed by atoms with Gasteiger partial charge in [-0.2, -0.15) is 0 Å². The minimum atomic E-state index is 0. The lowest BCUT2D eigenvalue weighted by Crippen LogP contribution is -2.37. The standard InChI is InChI=1S/C15H22N4S.HI/c1-3-16-15(17-4-2)18-11-7-10-14-19-12-8-5-6-9-13(12)20-14;/h5-6,8-9H,3-4,7,10-11H2,1-2H3,(H2,16,17,18);1H. The molecule has 1 aromatic carbocycles. The molecule has 2 aromatic rings. The monoisotopic (exact) mass is 418 g/mol. The van der Waals surface area contributed by atoms with Crippen LogP contribution >= 0.6 is 35.3 Å². The maximum absolute atomic E-state index is 4.64. The molecule has 4 nitrogen and oxygen atoms in total. The molecule has 0 atom stereocenters. The highest BCUT2D eigenvalue weighted by molar-refractivity contribution is 14.0. The summed E-state index contributed by atoms with van der Waals surface area (Å²) in [6.07, 6.45) is 2.02. The molecule has 21 heavy (non-hydrogen) atoms. The zero-order valence-electron chi connectivity index (χ0n) is 12.6. The Bertz CT molecular complexity index is 527. The fourth-order valence-electron chi connectivity index (χ4n) is 1.96. The van der Waals surface area contributed by atoms with Gasteiger partial charge in [0.1, 0.15) is 0 Å². The number of guanidine groups is 1. The number of halogens is 1. The lowest BCUT2D eigenvalue weighted by atomic mass is 10.3. The molecule has 1 aromatic heterocycles. The predicted molar refractivity (Wildman–Crippen MR) is 103 cm³/mol. The van der Waals surface area contributed by atoms with Gasteiger partial charge in [0.15, 0.2) is 5.96 Å². The molecule has 0 bridgehead atoms. The Morgan fingerprint density at radius 3 is 2.57 bits per heavy atom. The number of rotatable bonds is 6. The summed E-state index contributed by atoms with van der Waals surface area (Å²) in [5, 5.41) is 7.66. The van der Waals surface area contributed by atoms with E-state index in [1.807, 2.05) is 6.07 Å². The number of hydrogen-bond acceptors (Lipinski definition) is 3. The van der Waals surface area contributed by atoms with Crippen LogP contribution in [-0.2, 0) is 6.42 Å². The minimum absolute atomic E-state index is 0. The number of fused-ring (bicyclic) bond motifs is 1. The second-order valence-electron chi connectivity index (χ2n) is 4.47. The van der Waals surface area contributed by atoms with E-state index < -0.39 is 0 Å². The molecule has 2 rings (SSSR count). The van der Waals surface area contributed by atoms with E-state index in [1.54, 1.807) is 11.3 Å². The maximum atomic E-state index is 4.64. The van der Waals surface area contributed by atoms with Gasteiger partial charge < -0.3 is 10.6 Å². The van der Waals surface area contributed by atoms with Gasteiger partial charge in [0.05, 0.1) is 15.2 Å². The zero-order chi connectivity index (χ0) is 14.2. The highest BCUT2D eigenvalue weighted by atomic mass is 127. The third kappa shape index (κ3) is 5.78. The number of hydrogen-bond donors (Lipinski definition) is 2. The van der Waals surface area contributed by atoms with Crippen molar-refractivity contribution < 1.29 is 0 Å². The predicted octanol–water partition coefficient (Wildman–Crippen LogP) is 3.42. The van der Waals surface area contributed by atoms with Gasteiger partial charge in [0.2, 0.25) is 0 Å². The van der Waals surface area contributed by atoms with Crippen molar-refractivity contribution in [3.8, 4) is 0 Å². The van der Waals surface area contributed by atoms with Crippen LogP contribution in [0, 0.1) is 0 Å². The third-order valence-corrected chi connectivity index (χ3v) is 3.94. The molecule has 0 unspecified atom stereocenters. The van der Waals surface area contributed by atoms with Crippen molar-refractivity contribution in [3.05, 3.63) is 29.3 Å². The second-order valence-corrected chi connectivity index (χ2v) is 5.59. The van der Waals surface area contributed by atoms with Gasteiger partial charge in [-0.15, -0.1) is 35.3 Å². The Kier molecular flexibility index (Phi) is 8.60. The number of nitrogens with zero attached hydrogens (tertiary/aromatic N) is 2. The van der Waals surface area contributed by atoms with Gasteiger partial charge in [0, 0.05) is 26.1 Å². The van der Waals surface area contributed by atoms with Crippen molar-refractivity contribution in [1.82, 2.24) is 15.6 Å². The van der Waals surface area contributed by atoms with Gasteiger partial charge in [-0.25, -0.2) is 4.98 Å². The smallest absolute Gasteiger partial charge is 0.191 e. The Morgan fingerprint density at radius 2 is 1.90 bits per heavy atom. The Hall–Kier alpha value is -0.890. The summed E-state index contributed by atoms with van der Waals surface area (Å²) in [4.78, 5) is 9.18. The molecule has 1 heterocycles. The van der Waals surface area contributed by atoms with Crippen molar-refractivity contribution >= 4 is 51.5 Å². The quantitative estimate of drug-likeness (QED) is 0.327. The van der Waals surface area contributed by atoms with Crippen molar-refractivity contribution in [2.75, 3.05) is 19.6 Å². The summed E-state index contributed by atoms with van der Waals surface area (Å²) in [5.74, 6) is 0.902. The summed E-state index contributed by atoms with van der Waals surface area (Å²) in [5.41, 5.74) is 1.11. The van der Waals surface area contributed by atoms with E-state index in [-0.39, 0.29) is 24.0 Å². The van der Waals surface area contributed by atoms with E-state index in [4.69, 9.17) is 0 Å². The number of nitrogens with one attached hydrogen (secondary N) is 2. The van der Waals surface area contributed by atoms with Crippen LogP contribution in [0.2, 0.25) is 0 Å². The van der Waals surface area contributed by atoms with E-state index in [9.17, 15) is 0 Å². The van der Waals surface area contributed by atoms with E-state index >= 15 is 0 Å². The molecular weight excluding hydrogens is 395 g/mol. The first-order valence-corrected chi connectivity index (χ1v) is 8.01. The summed E-state index contributed by atoms with van der Waals surface area (Å²) in [7, 11) is 0. The van der Waals surface area contributed by atoms with Crippen LogP contribution in [0.4, 0.5) is 0 Å². The number of aromatic nitrogens is 1. The van der Waals surface area contributed by atoms with Crippen LogP contribution in [0.5, 0.6) is 0 Å². The molecule has 0 radical (unpaired) electrons. The fraction of sp³-hybridized carbons (Fsp3) is 0.467. The summed E-state index contributed by atoms with van der Waals surface area (Å²) in [6, 6.07) is 8.30. The SMILES string of the molecule is CCNC(=NCCCc1nc2ccccc2s1)NCC.I. The summed E-state index contributed by atoms with van der Waals surface area (Å²) in [6.45, 7) is 6.76. The molecule has 2 N–H and O–H groups in total. The van der Waals surface area contributed by atoms with Gasteiger partial charge in [-0.05, 0) is 32.4 Å². The average molecular weight is 418 g/mol. The zero-order valence-corrected chi connectivity index (χ0v) is 15.7. The van der Waals surface area contributed by atoms with Crippen LogP contribution < -0.4 is 10.6 Å². The van der Waals surface area contributed by atoms with Crippen molar-refractivity contribution in [3.63, 3.8) is 0 Å². The summed E-state index contributed by atoms with van der Waals surface area (Å²) < 4.78 is 1.27. The number of thiazole rings is 1. The minimum Gasteiger partial charge on any atom is -0.357 e. The highest BCUT2D eigenvalue weighted by Gasteiger charge is 2.02. The first kappa shape index (κ1) is 18.2. The topological polar surface area (TPSA) is 49.3 Å². The Labute approximate surface area is 147 Å². The van der Waals surface area contributed by atoms with Crippen LogP contribution in [0.15, 0.2) is 29.3 Å². The molecule has 0 aliphatic carbocycles. The normalized spacial score (nSPS) is 10.0. The highest BCUT2D eigenvalue weighted by Crippen LogP contribution is 2.22. The summed E-state index contributed by atoms with van der Waals surface area (Å²) >= 11 is 1.79. The third-order valence-electron chi connectivity index (χ3n) is 2.85. The van der Waals surface area contributed by atoms with Gasteiger partial charge in [-0.3, -0.25) is 4.99 Å². The van der Waals surface area contributed by atoms with E-state index in [0.717, 1.165) is 44.0 Å². The fourth-order valence-corrected chi connectivity index (χ4v) is 2.97. The molecule has 6 heteroatoms. The van der Waals surface area contributed by atoms with Crippen LogP contribution in [0.25, 0.3) is 10.2 Å². The largest absolute Gasteiger partial charge is 0.357 e.